The Labute approximate surface area is 105 Å². The zero-order chi connectivity index (χ0) is 13.3. The minimum atomic E-state index is -1.00. The van der Waals surface area contributed by atoms with E-state index in [1.54, 1.807) is 13.8 Å². The smallest absolute Gasteiger partial charge is 0.335 e. The van der Waals surface area contributed by atoms with Crippen molar-refractivity contribution in [2.24, 2.45) is 0 Å². The lowest BCUT2D eigenvalue weighted by Gasteiger charge is -2.42. The number of amides is 1. The Balaban J connectivity index is 2.38. The van der Waals surface area contributed by atoms with Gasteiger partial charge < -0.3 is 15.3 Å². The Hall–Kier alpha value is -2.11. The van der Waals surface area contributed by atoms with Gasteiger partial charge in [-0.15, -0.1) is 0 Å². The third-order valence-corrected chi connectivity index (χ3v) is 3.12. The molecule has 0 aliphatic carbocycles. The topological polar surface area (TPSA) is 82.5 Å². The van der Waals surface area contributed by atoms with Gasteiger partial charge in [-0.05, 0) is 26.0 Å². The van der Waals surface area contributed by atoms with Gasteiger partial charge in [-0.3, -0.25) is 4.79 Å². The van der Waals surface area contributed by atoms with Crippen molar-refractivity contribution < 1.29 is 14.7 Å². The summed E-state index contributed by atoms with van der Waals surface area (Å²) >= 11 is 0. The number of carbonyl (C=O) groups excluding carboxylic acids is 1. The molecule has 1 fully saturated rings. The predicted molar refractivity (Wildman–Crippen MR) is 65.6 cm³/mol. The van der Waals surface area contributed by atoms with Crippen LogP contribution >= 0.6 is 0 Å². The summed E-state index contributed by atoms with van der Waals surface area (Å²) in [6, 6.07) is 2.92. The maximum Gasteiger partial charge on any atom is 0.335 e. The van der Waals surface area contributed by atoms with Crippen molar-refractivity contribution >= 4 is 17.7 Å². The first-order chi connectivity index (χ1) is 8.43. The summed E-state index contributed by atoms with van der Waals surface area (Å²) in [6.07, 6.45) is 1.45. The van der Waals surface area contributed by atoms with Crippen LogP contribution in [-0.4, -0.2) is 40.6 Å². The summed E-state index contributed by atoms with van der Waals surface area (Å²) in [6.45, 7) is 4.71. The second-order valence-electron chi connectivity index (χ2n) is 4.67. The summed E-state index contributed by atoms with van der Waals surface area (Å²) in [5, 5.41) is 11.7. The van der Waals surface area contributed by atoms with Crippen molar-refractivity contribution in [2.75, 3.05) is 18.0 Å². The molecule has 1 aliphatic rings. The summed E-state index contributed by atoms with van der Waals surface area (Å²) in [5.41, 5.74) is -0.565. The minimum absolute atomic E-state index is 0.0868. The molecule has 0 unspecified atom stereocenters. The molecule has 6 heteroatoms. The van der Waals surface area contributed by atoms with E-state index in [1.165, 1.54) is 18.3 Å². The Bertz CT molecular complexity index is 499. The first-order valence-electron chi connectivity index (χ1n) is 5.68. The number of hydrogen-bond acceptors (Lipinski definition) is 4. The number of carboxylic acids is 1. The summed E-state index contributed by atoms with van der Waals surface area (Å²) < 4.78 is 0. The molecule has 1 amide bonds. The lowest BCUT2D eigenvalue weighted by atomic mass is 9.99. The van der Waals surface area contributed by atoms with Crippen LogP contribution < -0.4 is 10.2 Å². The Kier molecular flexibility index (Phi) is 2.94. The molecule has 1 aliphatic heterocycles. The van der Waals surface area contributed by atoms with Crippen molar-refractivity contribution in [1.82, 2.24) is 10.3 Å². The lowest BCUT2D eigenvalue weighted by molar-refractivity contribution is -0.126. The number of carboxylic acid groups (broad SMARTS) is 1. The van der Waals surface area contributed by atoms with Crippen molar-refractivity contribution in [3.8, 4) is 0 Å². The van der Waals surface area contributed by atoms with Crippen molar-refractivity contribution in [2.45, 2.75) is 19.4 Å². The molecule has 96 valence electrons. The van der Waals surface area contributed by atoms with E-state index in [0.717, 1.165) is 0 Å². The van der Waals surface area contributed by atoms with Gasteiger partial charge in [0, 0.05) is 19.3 Å². The first kappa shape index (κ1) is 12.3. The highest BCUT2D eigenvalue weighted by Crippen LogP contribution is 2.24. The average molecular weight is 249 g/mol. The number of rotatable bonds is 2. The van der Waals surface area contributed by atoms with Gasteiger partial charge in [0.15, 0.2) is 0 Å². The van der Waals surface area contributed by atoms with E-state index in [-0.39, 0.29) is 11.5 Å². The number of hydrogen-bond donors (Lipinski definition) is 2. The Morgan fingerprint density at radius 2 is 2.28 bits per heavy atom. The molecular weight excluding hydrogens is 234 g/mol. The summed E-state index contributed by atoms with van der Waals surface area (Å²) in [4.78, 5) is 28.7. The van der Waals surface area contributed by atoms with E-state index in [2.05, 4.69) is 10.3 Å². The standard InChI is InChI=1S/C12H15N3O3/c1-12(2)11(18)14-5-6-15(12)9-7-8(10(16)17)3-4-13-9/h3-4,7H,5-6H2,1-2H3,(H,14,18)(H,16,17). The molecule has 6 nitrogen and oxygen atoms in total. The maximum atomic E-state index is 11.8. The highest BCUT2D eigenvalue weighted by atomic mass is 16.4. The average Bonchev–Trinajstić information content (AvgIpc) is 2.32. The molecule has 2 heterocycles. The first-order valence-corrected chi connectivity index (χ1v) is 5.68. The van der Waals surface area contributed by atoms with Gasteiger partial charge in [-0.2, -0.15) is 0 Å². The van der Waals surface area contributed by atoms with Gasteiger partial charge in [0.1, 0.15) is 11.4 Å². The van der Waals surface area contributed by atoms with E-state index in [1.807, 2.05) is 4.90 Å². The van der Waals surface area contributed by atoms with Crippen molar-refractivity contribution in [3.63, 3.8) is 0 Å². The fourth-order valence-electron chi connectivity index (χ4n) is 2.00. The van der Waals surface area contributed by atoms with Crippen LogP contribution in [0.5, 0.6) is 0 Å². The van der Waals surface area contributed by atoms with Crippen molar-refractivity contribution in [1.29, 1.82) is 0 Å². The normalized spacial score (nSPS) is 18.3. The zero-order valence-electron chi connectivity index (χ0n) is 10.3. The van der Waals surface area contributed by atoms with Gasteiger partial charge in [0.25, 0.3) is 0 Å². The van der Waals surface area contributed by atoms with E-state index in [4.69, 9.17) is 5.11 Å². The molecule has 1 aromatic heterocycles. The molecule has 0 bridgehead atoms. The third kappa shape index (κ3) is 2.01. The molecule has 2 rings (SSSR count). The quantitative estimate of drug-likeness (QED) is 0.797. The largest absolute Gasteiger partial charge is 0.478 e. The zero-order valence-corrected chi connectivity index (χ0v) is 10.3. The number of aromatic nitrogens is 1. The molecular formula is C12H15N3O3. The van der Waals surface area contributed by atoms with Gasteiger partial charge in [-0.25, -0.2) is 9.78 Å². The second-order valence-corrected chi connectivity index (χ2v) is 4.67. The minimum Gasteiger partial charge on any atom is -0.478 e. The van der Waals surface area contributed by atoms with Crippen LogP contribution in [-0.2, 0) is 4.79 Å². The Morgan fingerprint density at radius 1 is 1.56 bits per heavy atom. The summed E-state index contributed by atoms with van der Waals surface area (Å²) in [7, 11) is 0. The number of nitrogens with one attached hydrogen (secondary N) is 1. The number of carbonyl (C=O) groups is 2. The molecule has 18 heavy (non-hydrogen) atoms. The van der Waals surface area contributed by atoms with E-state index >= 15 is 0 Å². The van der Waals surface area contributed by atoms with Crippen LogP contribution in [0.2, 0.25) is 0 Å². The highest BCUT2D eigenvalue weighted by Gasteiger charge is 2.38. The van der Waals surface area contributed by atoms with Gasteiger partial charge in [0.2, 0.25) is 5.91 Å². The predicted octanol–water partition coefficient (Wildman–Crippen LogP) is 0.495. The second kappa shape index (κ2) is 4.29. The number of pyridine rings is 1. The van der Waals surface area contributed by atoms with Gasteiger partial charge in [-0.1, -0.05) is 0 Å². The molecule has 1 aromatic rings. The Morgan fingerprint density at radius 3 is 2.94 bits per heavy atom. The summed E-state index contributed by atoms with van der Waals surface area (Å²) in [5.74, 6) is -0.580. The monoisotopic (exact) mass is 249 g/mol. The molecule has 0 spiro atoms. The fraction of sp³-hybridized carbons (Fsp3) is 0.417. The van der Waals surface area contributed by atoms with Gasteiger partial charge in [0.05, 0.1) is 5.56 Å². The number of nitrogens with zero attached hydrogens (tertiary/aromatic N) is 2. The molecule has 0 aromatic carbocycles. The van der Waals surface area contributed by atoms with E-state index in [0.29, 0.717) is 18.9 Å². The molecule has 2 N–H and O–H groups in total. The third-order valence-electron chi connectivity index (χ3n) is 3.12. The number of piperazine rings is 1. The van der Waals surface area contributed by atoms with Crippen LogP contribution in [0.3, 0.4) is 0 Å². The molecule has 0 atom stereocenters. The molecule has 0 saturated carbocycles. The fourth-order valence-corrected chi connectivity index (χ4v) is 2.00. The van der Waals surface area contributed by atoms with Crippen LogP contribution in [0.15, 0.2) is 18.3 Å². The molecule has 1 saturated heterocycles. The number of aromatic carboxylic acids is 1. The number of anilines is 1. The van der Waals surface area contributed by atoms with Gasteiger partial charge >= 0.3 is 5.97 Å². The SMILES string of the molecule is CC1(C)C(=O)NCCN1c1cc(C(=O)O)ccn1. The highest BCUT2D eigenvalue weighted by molar-refractivity contribution is 5.91. The lowest BCUT2D eigenvalue weighted by Crippen LogP contribution is -2.62. The molecule has 0 radical (unpaired) electrons. The van der Waals surface area contributed by atoms with Crippen LogP contribution in [0, 0.1) is 0 Å². The van der Waals surface area contributed by atoms with Crippen molar-refractivity contribution in [3.05, 3.63) is 23.9 Å². The van der Waals surface area contributed by atoms with Crippen LogP contribution in [0.4, 0.5) is 5.82 Å². The van der Waals surface area contributed by atoms with E-state index < -0.39 is 11.5 Å². The van der Waals surface area contributed by atoms with Crippen LogP contribution in [0.1, 0.15) is 24.2 Å². The maximum absolute atomic E-state index is 11.8. The van der Waals surface area contributed by atoms with E-state index in [9.17, 15) is 9.59 Å². The van der Waals surface area contributed by atoms with Crippen LogP contribution in [0.25, 0.3) is 0 Å².